The summed E-state index contributed by atoms with van der Waals surface area (Å²) in [6.45, 7) is 0. The molecule has 0 bridgehead atoms. The molecule has 1 heterocycles. The van der Waals surface area contributed by atoms with Crippen molar-refractivity contribution < 1.29 is 0 Å². The first-order chi connectivity index (χ1) is 6.93. The normalized spacial score (nSPS) is 18.0. The Morgan fingerprint density at radius 2 is 1.79 bits per heavy atom. The van der Waals surface area contributed by atoms with Gasteiger partial charge in [0.2, 0.25) is 0 Å². The molecule has 3 rings (SSSR count). The second-order valence-corrected chi connectivity index (χ2v) is 3.63. The number of nitrogens with one attached hydrogen (secondary N) is 2. The van der Waals surface area contributed by atoms with Crippen LogP contribution >= 0.6 is 0 Å². The Balaban J connectivity index is 2.03. The molecule has 0 atom stereocenters. The van der Waals surface area contributed by atoms with Gasteiger partial charge in [-0.1, -0.05) is 18.2 Å². The first kappa shape index (κ1) is 7.68. The molecule has 1 aliphatic carbocycles. The number of benzene rings is 1. The number of rotatable bonds is 0. The fourth-order valence-electron chi connectivity index (χ4n) is 1.92. The molecular formula is C12H12N2. The maximum Gasteiger partial charge on any atom is 0.0623 e. The van der Waals surface area contributed by atoms with Gasteiger partial charge in [-0.3, -0.25) is 0 Å². The van der Waals surface area contributed by atoms with Crippen molar-refractivity contribution in [3.63, 3.8) is 0 Å². The van der Waals surface area contributed by atoms with Crippen molar-refractivity contribution in [2.75, 3.05) is 10.6 Å². The Morgan fingerprint density at radius 1 is 1.00 bits per heavy atom. The van der Waals surface area contributed by atoms with Crippen LogP contribution in [0.3, 0.4) is 0 Å². The highest BCUT2D eigenvalue weighted by atomic mass is 15.0. The maximum absolute atomic E-state index is 3.46. The lowest BCUT2D eigenvalue weighted by molar-refractivity contribution is 0.940. The lowest BCUT2D eigenvalue weighted by Crippen LogP contribution is -2.16. The highest BCUT2D eigenvalue weighted by Crippen LogP contribution is 2.32. The van der Waals surface area contributed by atoms with Gasteiger partial charge in [-0.15, -0.1) is 0 Å². The van der Waals surface area contributed by atoms with E-state index in [1.807, 2.05) is 6.07 Å². The Hall–Kier alpha value is -1.70. The topological polar surface area (TPSA) is 24.1 Å². The summed E-state index contributed by atoms with van der Waals surface area (Å²) >= 11 is 0. The fraction of sp³-hybridized carbons (Fsp3) is 0.167. The summed E-state index contributed by atoms with van der Waals surface area (Å²) in [5.41, 5.74) is 4.88. The van der Waals surface area contributed by atoms with Gasteiger partial charge in [0, 0.05) is 5.70 Å². The van der Waals surface area contributed by atoms with Gasteiger partial charge in [-0.2, -0.15) is 0 Å². The SMILES string of the molecule is C1=CC2=C(CC1)Nc1ccccc1N2. The molecule has 2 N–H and O–H groups in total. The van der Waals surface area contributed by atoms with Gasteiger partial charge in [-0.05, 0) is 31.1 Å². The van der Waals surface area contributed by atoms with Crippen LogP contribution in [0.15, 0.2) is 47.8 Å². The molecule has 14 heavy (non-hydrogen) atoms. The summed E-state index contributed by atoms with van der Waals surface area (Å²) in [4.78, 5) is 0. The molecule has 70 valence electrons. The van der Waals surface area contributed by atoms with E-state index in [1.165, 1.54) is 17.1 Å². The molecule has 1 aromatic rings. The Morgan fingerprint density at radius 3 is 2.64 bits per heavy atom. The lowest BCUT2D eigenvalue weighted by Gasteiger charge is -2.26. The number of fused-ring (bicyclic) bond motifs is 1. The molecule has 1 aromatic carbocycles. The molecule has 0 radical (unpaired) electrons. The van der Waals surface area contributed by atoms with Crippen LogP contribution in [0.1, 0.15) is 12.8 Å². The van der Waals surface area contributed by atoms with Crippen LogP contribution < -0.4 is 10.6 Å². The number of para-hydroxylation sites is 2. The van der Waals surface area contributed by atoms with Crippen molar-refractivity contribution in [1.82, 2.24) is 0 Å². The Labute approximate surface area is 83.3 Å². The van der Waals surface area contributed by atoms with Crippen LogP contribution in [0, 0.1) is 0 Å². The van der Waals surface area contributed by atoms with Gasteiger partial charge in [0.25, 0.3) is 0 Å². The Bertz CT molecular complexity index is 430. The van der Waals surface area contributed by atoms with E-state index in [1.54, 1.807) is 0 Å². The minimum atomic E-state index is 1.10. The Kier molecular flexibility index (Phi) is 1.60. The monoisotopic (exact) mass is 184 g/mol. The molecule has 2 aliphatic rings. The van der Waals surface area contributed by atoms with Crippen molar-refractivity contribution in [1.29, 1.82) is 0 Å². The number of hydrogen-bond donors (Lipinski definition) is 2. The van der Waals surface area contributed by atoms with E-state index in [9.17, 15) is 0 Å². The summed E-state index contributed by atoms with van der Waals surface area (Å²) in [6, 6.07) is 8.29. The predicted molar refractivity (Wildman–Crippen MR) is 59.1 cm³/mol. The zero-order valence-electron chi connectivity index (χ0n) is 7.88. The third-order valence-electron chi connectivity index (χ3n) is 2.65. The standard InChI is InChI=1S/C12H12N2/c1-2-6-10-9(5-1)13-11-7-3-4-8-12(11)14-10/h1-3,5-7,13-14H,4,8H2. The number of allylic oxidation sites excluding steroid dienone is 3. The largest absolute Gasteiger partial charge is 0.356 e. The van der Waals surface area contributed by atoms with Gasteiger partial charge >= 0.3 is 0 Å². The highest BCUT2D eigenvalue weighted by molar-refractivity contribution is 5.77. The maximum atomic E-state index is 3.46. The van der Waals surface area contributed by atoms with Crippen molar-refractivity contribution in [2.45, 2.75) is 12.8 Å². The van der Waals surface area contributed by atoms with Crippen molar-refractivity contribution >= 4 is 11.4 Å². The van der Waals surface area contributed by atoms with Crippen LogP contribution in [0.25, 0.3) is 0 Å². The summed E-state index contributed by atoms with van der Waals surface area (Å²) < 4.78 is 0. The second-order valence-electron chi connectivity index (χ2n) is 3.63. The van der Waals surface area contributed by atoms with E-state index in [0.29, 0.717) is 0 Å². The summed E-state index contributed by atoms with van der Waals surface area (Å²) in [5, 5.41) is 6.89. The van der Waals surface area contributed by atoms with Gasteiger partial charge in [0.05, 0.1) is 17.1 Å². The summed E-state index contributed by atoms with van der Waals surface area (Å²) in [7, 11) is 0. The molecule has 0 fully saturated rings. The molecule has 0 amide bonds. The molecule has 0 saturated heterocycles. The van der Waals surface area contributed by atoms with Gasteiger partial charge < -0.3 is 10.6 Å². The molecule has 0 aromatic heterocycles. The minimum absolute atomic E-state index is 1.10. The lowest BCUT2D eigenvalue weighted by atomic mass is 10.0. The molecule has 0 saturated carbocycles. The fourth-order valence-corrected chi connectivity index (χ4v) is 1.92. The first-order valence-electron chi connectivity index (χ1n) is 4.96. The van der Waals surface area contributed by atoms with Crippen LogP contribution in [0.2, 0.25) is 0 Å². The first-order valence-corrected chi connectivity index (χ1v) is 4.96. The predicted octanol–water partition coefficient (Wildman–Crippen LogP) is 3.09. The van der Waals surface area contributed by atoms with Crippen LogP contribution in [0.4, 0.5) is 11.4 Å². The van der Waals surface area contributed by atoms with E-state index in [2.05, 4.69) is 41.0 Å². The van der Waals surface area contributed by atoms with Gasteiger partial charge in [0.15, 0.2) is 0 Å². The van der Waals surface area contributed by atoms with Crippen LogP contribution in [0.5, 0.6) is 0 Å². The van der Waals surface area contributed by atoms with E-state index >= 15 is 0 Å². The summed E-state index contributed by atoms with van der Waals surface area (Å²) in [6.07, 6.45) is 6.60. The van der Waals surface area contributed by atoms with Crippen molar-refractivity contribution in [2.24, 2.45) is 0 Å². The molecule has 1 aliphatic heterocycles. The van der Waals surface area contributed by atoms with Gasteiger partial charge in [0.1, 0.15) is 0 Å². The number of hydrogen-bond acceptors (Lipinski definition) is 2. The van der Waals surface area contributed by atoms with Gasteiger partial charge in [-0.25, -0.2) is 0 Å². The summed E-state index contributed by atoms with van der Waals surface area (Å²) in [5.74, 6) is 0. The smallest absolute Gasteiger partial charge is 0.0623 e. The average Bonchev–Trinajstić information content (AvgIpc) is 2.26. The highest BCUT2D eigenvalue weighted by Gasteiger charge is 2.15. The van der Waals surface area contributed by atoms with Crippen LogP contribution in [-0.2, 0) is 0 Å². The zero-order valence-corrected chi connectivity index (χ0v) is 7.88. The molecule has 0 spiro atoms. The van der Waals surface area contributed by atoms with Crippen molar-refractivity contribution in [3.05, 3.63) is 47.8 Å². The van der Waals surface area contributed by atoms with E-state index < -0.39 is 0 Å². The molecular weight excluding hydrogens is 172 g/mol. The third kappa shape index (κ3) is 1.11. The minimum Gasteiger partial charge on any atom is -0.356 e. The number of anilines is 2. The second kappa shape index (κ2) is 2.91. The van der Waals surface area contributed by atoms with E-state index in [-0.39, 0.29) is 0 Å². The zero-order chi connectivity index (χ0) is 9.38. The average molecular weight is 184 g/mol. The molecule has 2 heteroatoms. The van der Waals surface area contributed by atoms with E-state index in [0.717, 1.165) is 18.5 Å². The van der Waals surface area contributed by atoms with Crippen molar-refractivity contribution in [3.8, 4) is 0 Å². The van der Waals surface area contributed by atoms with E-state index in [4.69, 9.17) is 0 Å². The molecule has 0 unspecified atom stereocenters. The third-order valence-corrected chi connectivity index (χ3v) is 2.65. The molecule has 2 nitrogen and oxygen atoms in total. The van der Waals surface area contributed by atoms with Crippen LogP contribution in [-0.4, -0.2) is 0 Å². The quantitative estimate of drug-likeness (QED) is 0.647.